The summed E-state index contributed by atoms with van der Waals surface area (Å²) in [6.45, 7) is 1.76. The van der Waals surface area contributed by atoms with Gasteiger partial charge in [0.15, 0.2) is 5.78 Å². The van der Waals surface area contributed by atoms with Crippen molar-refractivity contribution in [2.24, 2.45) is 10.1 Å². The standard InChI is InChI=1S/C26H30ClN3O3S/c1-30-14-13-28-26(30)17-7-9-20(23(15-17)32-18-5-3-2-4-6-18)21-16-19(33-29-21)8-10-22(31)24-11-12-25(27)34-24/h7,9,11-12,15,18-19H,2-6,8,10,13-14,16H2,1H3. The quantitative estimate of drug-likeness (QED) is 0.420. The average Bonchev–Trinajstić information content (AvgIpc) is 3.59. The van der Waals surface area contributed by atoms with Crippen LogP contribution in [-0.2, 0) is 4.84 Å². The van der Waals surface area contributed by atoms with Crippen molar-refractivity contribution >= 4 is 40.3 Å². The summed E-state index contributed by atoms with van der Waals surface area (Å²) < 4.78 is 7.19. The number of halogens is 1. The van der Waals surface area contributed by atoms with Crippen LogP contribution >= 0.6 is 22.9 Å². The van der Waals surface area contributed by atoms with E-state index in [9.17, 15) is 4.79 Å². The molecular formula is C26H30ClN3O3S. The third kappa shape index (κ3) is 5.31. The molecule has 0 radical (unpaired) electrons. The largest absolute Gasteiger partial charge is 0.490 e. The van der Waals surface area contributed by atoms with E-state index in [2.05, 4.69) is 40.3 Å². The molecule has 2 aliphatic heterocycles. The Morgan fingerprint density at radius 1 is 1.24 bits per heavy atom. The van der Waals surface area contributed by atoms with E-state index in [1.807, 2.05) is 0 Å². The lowest BCUT2D eigenvalue weighted by Gasteiger charge is -2.25. The Morgan fingerprint density at radius 2 is 2.09 bits per heavy atom. The minimum absolute atomic E-state index is 0.0982. The first kappa shape index (κ1) is 23.4. The van der Waals surface area contributed by atoms with E-state index in [0.29, 0.717) is 28.5 Å². The van der Waals surface area contributed by atoms with Gasteiger partial charge in [-0.05, 0) is 56.4 Å². The second-order valence-corrected chi connectivity index (χ2v) is 11.0. The molecule has 0 spiro atoms. The summed E-state index contributed by atoms with van der Waals surface area (Å²) in [4.78, 5) is 25.7. The number of benzene rings is 1. The van der Waals surface area contributed by atoms with Gasteiger partial charge in [-0.3, -0.25) is 9.79 Å². The molecular weight excluding hydrogens is 470 g/mol. The zero-order valence-electron chi connectivity index (χ0n) is 19.5. The molecule has 0 amide bonds. The number of carbonyl (C=O) groups is 1. The van der Waals surface area contributed by atoms with Crippen molar-refractivity contribution < 1.29 is 14.4 Å². The Morgan fingerprint density at radius 3 is 2.82 bits per heavy atom. The molecule has 1 fully saturated rings. The van der Waals surface area contributed by atoms with Crippen LogP contribution in [-0.4, -0.2) is 54.6 Å². The van der Waals surface area contributed by atoms with Gasteiger partial charge in [0.1, 0.15) is 17.7 Å². The Hall–Kier alpha value is -2.38. The summed E-state index contributed by atoms with van der Waals surface area (Å²) in [5.74, 6) is 1.97. The number of oxime groups is 1. The van der Waals surface area contributed by atoms with Gasteiger partial charge in [-0.15, -0.1) is 11.3 Å². The second-order valence-electron chi connectivity index (χ2n) is 9.25. The number of hydrogen-bond acceptors (Lipinski definition) is 7. The minimum atomic E-state index is -0.109. The van der Waals surface area contributed by atoms with Crippen LogP contribution in [0.4, 0.5) is 0 Å². The minimum Gasteiger partial charge on any atom is -0.490 e. The van der Waals surface area contributed by atoms with Crippen molar-refractivity contribution in [3.8, 4) is 5.75 Å². The van der Waals surface area contributed by atoms with Gasteiger partial charge >= 0.3 is 0 Å². The SMILES string of the molecule is CN1CCN=C1c1ccc(C2=NOC(CCC(=O)c3ccc(Cl)s3)C2)c(OC2CCCCC2)c1. The van der Waals surface area contributed by atoms with Crippen molar-refractivity contribution in [2.75, 3.05) is 20.1 Å². The highest BCUT2D eigenvalue weighted by Crippen LogP contribution is 2.32. The number of aliphatic imine (C=N–C) groups is 1. The first-order valence-electron chi connectivity index (χ1n) is 12.1. The molecule has 180 valence electrons. The maximum atomic E-state index is 12.5. The first-order chi connectivity index (χ1) is 16.6. The molecule has 1 aromatic carbocycles. The fourth-order valence-electron chi connectivity index (χ4n) is 4.83. The smallest absolute Gasteiger partial charge is 0.172 e. The van der Waals surface area contributed by atoms with Crippen LogP contribution < -0.4 is 4.74 Å². The Labute approximate surface area is 209 Å². The number of likely N-dealkylation sites (N-methyl/N-ethyl adjacent to an activating group) is 1. The number of rotatable bonds is 8. The highest BCUT2D eigenvalue weighted by Gasteiger charge is 2.27. The van der Waals surface area contributed by atoms with Crippen LogP contribution in [0.3, 0.4) is 0 Å². The summed E-state index contributed by atoms with van der Waals surface area (Å²) in [6.07, 6.45) is 7.72. The number of amidine groups is 1. The van der Waals surface area contributed by atoms with Gasteiger partial charge in [0, 0.05) is 37.6 Å². The maximum Gasteiger partial charge on any atom is 0.172 e. The summed E-state index contributed by atoms with van der Waals surface area (Å²) in [5.41, 5.74) is 2.94. The Bertz CT molecular complexity index is 1110. The average molecular weight is 500 g/mol. The molecule has 1 atom stereocenters. The predicted octanol–water partition coefficient (Wildman–Crippen LogP) is 5.96. The van der Waals surface area contributed by atoms with Gasteiger partial charge in [-0.25, -0.2) is 0 Å². The lowest BCUT2D eigenvalue weighted by atomic mass is 9.96. The molecule has 3 aliphatic rings. The topological polar surface area (TPSA) is 63.5 Å². The zero-order chi connectivity index (χ0) is 23.5. The van der Waals surface area contributed by atoms with Crippen molar-refractivity contribution in [1.82, 2.24) is 4.90 Å². The third-order valence-electron chi connectivity index (χ3n) is 6.73. The highest BCUT2D eigenvalue weighted by atomic mass is 35.5. The van der Waals surface area contributed by atoms with Gasteiger partial charge in [-0.1, -0.05) is 29.2 Å². The van der Waals surface area contributed by atoms with Crippen LogP contribution in [0.1, 0.15) is 72.2 Å². The maximum absolute atomic E-state index is 12.5. The van der Waals surface area contributed by atoms with Crippen molar-refractivity contribution in [3.63, 3.8) is 0 Å². The Kier molecular flexibility index (Phi) is 7.21. The summed E-state index contributed by atoms with van der Waals surface area (Å²) >= 11 is 7.29. The van der Waals surface area contributed by atoms with E-state index in [1.54, 1.807) is 12.1 Å². The lowest BCUT2D eigenvalue weighted by Crippen LogP contribution is -2.24. The molecule has 0 N–H and O–H groups in total. The summed E-state index contributed by atoms with van der Waals surface area (Å²) in [5, 5.41) is 4.40. The van der Waals surface area contributed by atoms with Gasteiger partial charge in [0.25, 0.3) is 0 Å². The van der Waals surface area contributed by atoms with Crippen molar-refractivity contribution in [3.05, 3.63) is 50.7 Å². The number of Topliss-reactive ketones (excluding diaryl/α,β-unsaturated/α-hetero) is 1. The van der Waals surface area contributed by atoms with Crippen molar-refractivity contribution in [1.29, 1.82) is 0 Å². The molecule has 8 heteroatoms. The normalized spacial score (nSPS) is 20.8. The van der Waals surface area contributed by atoms with Crippen molar-refractivity contribution in [2.45, 2.75) is 63.6 Å². The summed E-state index contributed by atoms with van der Waals surface area (Å²) in [6, 6.07) is 9.86. The molecule has 3 heterocycles. The Balaban J connectivity index is 1.29. The number of nitrogens with zero attached hydrogens (tertiary/aromatic N) is 3. The lowest BCUT2D eigenvalue weighted by molar-refractivity contribution is 0.0720. The van der Waals surface area contributed by atoms with Gasteiger partial charge in [0.2, 0.25) is 0 Å². The van der Waals surface area contributed by atoms with E-state index in [1.165, 1.54) is 30.6 Å². The summed E-state index contributed by atoms with van der Waals surface area (Å²) in [7, 11) is 2.08. The number of ether oxygens (including phenoxy) is 1. The van der Waals surface area contributed by atoms with E-state index >= 15 is 0 Å². The van der Waals surface area contributed by atoms with Gasteiger partial charge < -0.3 is 14.5 Å². The number of carbonyl (C=O) groups excluding carboxylic acids is 1. The molecule has 2 aromatic rings. The van der Waals surface area contributed by atoms with Gasteiger partial charge in [0.05, 0.1) is 27.6 Å². The van der Waals surface area contributed by atoms with Crippen LogP contribution in [0.25, 0.3) is 0 Å². The molecule has 0 bridgehead atoms. The van der Waals surface area contributed by atoms with E-state index in [0.717, 1.165) is 54.4 Å². The van der Waals surface area contributed by atoms with Crippen LogP contribution in [0.5, 0.6) is 5.75 Å². The van der Waals surface area contributed by atoms with Gasteiger partial charge in [-0.2, -0.15) is 0 Å². The first-order valence-corrected chi connectivity index (χ1v) is 13.3. The molecule has 1 aromatic heterocycles. The molecule has 1 unspecified atom stereocenters. The molecule has 1 aliphatic carbocycles. The van der Waals surface area contributed by atoms with E-state index in [4.69, 9.17) is 21.2 Å². The monoisotopic (exact) mass is 499 g/mol. The van der Waals surface area contributed by atoms with Crippen LogP contribution in [0, 0.1) is 0 Å². The fourth-order valence-corrected chi connectivity index (χ4v) is 5.84. The molecule has 0 saturated heterocycles. The van der Waals surface area contributed by atoms with Crippen LogP contribution in [0.15, 0.2) is 40.5 Å². The third-order valence-corrected chi connectivity index (χ3v) is 8.00. The van der Waals surface area contributed by atoms with E-state index < -0.39 is 0 Å². The predicted molar refractivity (Wildman–Crippen MR) is 137 cm³/mol. The molecule has 1 saturated carbocycles. The number of ketones is 1. The molecule has 5 rings (SSSR count). The highest BCUT2D eigenvalue weighted by molar-refractivity contribution is 7.18. The molecule has 34 heavy (non-hydrogen) atoms. The fraction of sp³-hybridized carbons (Fsp3) is 0.500. The molecule has 6 nitrogen and oxygen atoms in total. The number of hydrogen-bond donors (Lipinski definition) is 0. The van der Waals surface area contributed by atoms with Crippen LogP contribution in [0.2, 0.25) is 4.34 Å². The van der Waals surface area contributed by atoms with E-state index in [-0.39, 0.29) is 18.0 Å². The second kappa shape index (κ2) is 10.5. The number of thiophene rings is 1. The zero-order valence-corrected chi connectivity index (χ0v) is 21.0.